The van der Waals surface area contributed by atoms with Gasteiger partial charge in [-0.1, -0.05) is 19.9 Å². The van der Waals surface area contributed by atoms with Crippen LogP contribution in [0.2, 0.25) is 0 Å². The van der Waals surface area contributed by atoms with E-state index in [1.54, 1.807) is 45.4 Å². The number of aryl methyl sites for hydroxylation is 1. The smallest absolute Gasteiger partial charge is 0.407 e. The van der Waals surface area contributed by atoms with E-state index in [0.29, 0.717) is 40.8 Å². The molecule has 1 atom stereocenters. The number of ether oxygens (including phenoxy) is 1. The van der Waals surface area contributed by atoms with Crippen LogP contribution in [0.4, 0.5) is 14.9 Å². The quantitative estimate of drug-likeness (QED) is 0.303. The minimum absolute atomic E-state index is 0.0177. The number of halogens is 1. The van der Waals surface area contributed by atoms with Crippen molar-refractivity contribution in [2.45, 2.75) is 52.6 Å². The largest absolute Gasteiger partial charge is 0.453 e. The van der Waals surface area contributed by atoms with E-state index in [4.69, 9.17) is 0 Å². The monoisotopic (exact) mass is 568 g/mol. The summed E-state index contributed by atoms with van der Waals surface area (Å²) in [6, 6.07) is 3.85. The summed E-state index contributed by atoms with van der Waals surface area (Å²) in [6.45, 7) is 5.79. The Bertz CT molecular complexity index is 1510. The first kappa shape index (κ1) is 31.1. The second-order valence-corrected chi connectivity index (χ2v) is 10.4. The van der Waals surface area contributed by atoms with Crippen LogP contribution < -0.4 is 16.2 Å². The molecule has 11 nitrogen and oxygen atoms in total. The molecular formula is C29H37FN6O5. The maximum Gasteiger partial charge on any atom is 0.407 e. The van der Waals surface area contributed by atoms with E-state index < -0.39 is 23.6 Å². The Morgan fingerprint density at radius 3 is 2.66 bits per heavy atom. The Balaban J connectivity index is 1.80. The Hall–Kier alpha value is -4.48. The Kier molecular flexibility index (Phi) is 10.4. The number of likely N-dealkylation sites (N-methyl/N-ethyl adjacent to an activating group) is 1. The summed E-state index contributed by atoms with van der Waals surface area (Å²) in [5.41, 5.74) is 2.30. The number of pyridine rings is 2. The molecule has 12 heteroatoms. The van der Waals surface area contributed by atoms with Gasteiger partial charge in [0, 0.05) is 31.5 Å². The molecule has 220 valence electrons. The van der Waals surface area contributed by atoms with Crippen LogP contribution in [0.3, 0.4) is 0 Å². The van der Waals surface area contributed by atoms with Crippen LogP contribution in [0.1, 0.15) is 43.6 Å². The zero-order valence-electron chi connectivity index (χ0n) is 24.2. The highest BCUT2D eigenvalue weighted by Gasteiger charge is 2.22. The van der Waals surface area contributed by atoms with E-state index in [1.807, 2.05) is 13.8 Å². The van der Waals surface area contributed by atoms with Crippen molar-refractivity contribution in [3.63, 3.8) is 0 Å². The average Bonchev–Trinajstić information content (AvgIpc) is 3.31. The molecule has 0 fully saturated rings. The number of allylic oxidation sites excluding steroid dienone is 1. The standard InChI is InChI=1S/C29H37FN6O5/c1-17(2)14-20-25(30)18(3)31-23-15-19(32-26(20)23)16-36-13-9-11-22(28(36)39)33-27(38)21(34-29(40)41-6)10-7-8-12-24(37)35(4)5/h8-9,11-13,15,17,21,32H,7,10,14,16H2,1-6H3,(H,33,38)(H,34,40)/b12-8+/t21-/m0/s1. The molecule has 41 heavy (non-hydrogen) atoms. The average molecular weight is 569 g/mol. The molecule has 3 amide bonds. The molecule has 3 N–H and O–H groups in total. The minimum atomic E-state index is -1.02. The maximum absolute atomic E-state index is 14.9. The molecule has 0 unspecified atom stereocenters. The molecule has 3 heterocycles. The topological polar surface area (TPSA) is 138 Å². The third-order valence-electron chi connectivity index (χ3n) is 6.37. The molecule has 0 aliphatic carbocycles. The summed E-state index contributed by atoms with van der Waals surface area (Å²) in [5, 5.41) is 5.05. The van der Waals surface area contributed by atoms with Crippen molar-refractivity contribution in [2.24, 2.45) is 5.92 Å². The van der Waals surface area contributed by atoms with Crippen LogP contribution in [-0.4, -0.2) is 64.6 Å². The fraction of sp³-hybridized carbons (Fsp3) is 0.414. The Morgan fingerprint density at radius 1 is 1.27 bits per heavy atom. The number of amides is 3. The second-order valence-electron chi connectivity index (χ2n) is 10.4. The van der Waals surface area contributed by atoms with Crippen molar-refractivity contribution in [3.8, 4) is 0 Å². The van der Waals surface area contributed by atoms with Crippen molar-refractivity contribution in [3.05, 3.63) is 69.7 Å². The lowest BCUT2D eigenvalue weighted by Gasteiger charge is -2.17. The van der Waals surface area contributed by atoms with Crippen molar-refractivity contribution >= 4 is 34.6 Å². The van der Waals surface area contributed by atoms with E-state index in [0.717, 1.165) is 0 Å². The summed E-state index contributed by atoms with van der Waals surface area (Å²) in [7, 11) is 4.42. The van der Waals surface area contributed by atoms with E-state index >= 15 is 0 Å². The molecule has 0 aliphatic heterocycles. The predicted molar refractivity (Wildman–Crippen MR) is 154 cm³/mol. The van der Waals surface area contributed by atoms with Gasteiger partial charge in [0.25, 0.3) is 5.56 Å². The fourth-order valence-electron chi connectivity index (χ4n) is 4.29. The van der Waals surface area contributed by atoms with Gasteiger partial charge in [-0.15, -0.1) is 0 Å². The molecule has 0 radical (unpaired) electrons. The molecule has 0 aromatic carbocycles. The fourth-order valence-corrected chi connectivity index (χ4v) is 4.29. The van der Waals surface area contributed by atoms with E-state index in [-0.39, 0.29) is 36.3 Å². The van der Waals surface area contributed by atoms with Gasteiger partial charge < -0.3 is 29.8 Å². The number of nitrogens with one attached hydrogen (secondary N) is 3. The van der Waals surface area contributed by atoms with Crippen LogP contribution in [0.15, 0.2) is 41.3 Å². The molecule has 3 rings (SSSR count). The number of fused-ring (bicyclic) bond motifs is 1. The van der Waals surface area contributed by atoms with E-state index in [1.165, 1.54) is 28.7 Å². The van der Waals surface area contributed by atoms with Gasteiger partial charge in [0.2, 0.25) is 11.8 Å². The van der Waals surface area contributed by atoms with Gasteiger partial charge in [0.05, 0.1) is 30.4 Å². The number of aromatic amines is 1. The highest BCUT2D eigenvalue weighted by atomic mass is 19.1. The number of methoxy groups -OCH3 is 1. The van der Waals surface area contributed by atoms with Crippen LogP contribution in [0.5, 0.6) is 0 Å². The molecule has 0 aliphatic rings. The summed E-state index contributed by atoms with van der Waals surface area (Å²) < 4.78 is 20.9. The summed E-state index contributed by atoms with van der Waals surface area (Å²) in [6.07, 6.45) is 4.77. The highest BCUT2D eigenvalue weighted by molar-refractivity contribution is 5.96. The van der Waals surface area contributed by atoms with E-state index in [2.05, 4.69) is 25.3 Å². The summed E-state index contributed by atoms with van der Waals surface area (Å²) >= 11 is 0. The van der Waals surface area contributed by atoms with Crippen LogP contribution in [0.25, 0.3) is 11.0 Å². The van der Waals surface area contributed by atoms with Gasteiger partial charge in [-0.2, -0.15) is 0 Å². The highest BCUT2D eigenvalue weighted by Crippen LogP contribution is 2.25. The van der Waals surface area contributed by atoms with Gasteiger partial charge >= 0.3 is 6.09 Å². The zero-order valence-corrected chi connectivity index (χ0v) is 24.2. The number of alkyl carbamates (subject to hydrolysis) is 1. The second kappa shape index (κ2) is 13.7. The number of hydrogen-bond acceptors (Lipinski definition) is 6. The minimum Gasteiger partial charge on any atom is -0.453 e. The third kappa shape index (κ3) is 8.03. The molecule has 0 spiro atoms. The first-order chi connectivity index (χ1) is 19.4. The lowest BCUT2D eigenvalue weighted by Crippen LogP contribution is -2.44. The van der Waals surface area contributed by atoms with Crippen molar-refractivity contribution in [1.82, 2.24) is 24.8 Å². The summed E-state index contributed by atoms with van der Waals surface area (Å²) in [5.74, 6) is -0.926. The number of aromatic nitrogens is 3. The van der Waals surface area contributed by atoms with Crippen LogP contribution in [0, 0.1) is 18.7 Å². The van der Waals surface area contributed by atoms with Gasteiger partial charge in [0.15, 0.2) is 0 Å². The van der Waals surface area contributed by atoms with Crippen molar-refractivity contribution in [2.75, 3.05) is 26.5 Å². The van der Waals surface area contributed by atoms with Gasteiger partial charge in [-0.05, 0) is 56.4 Å². The number of nitrogens with zero attached hydrogens (tertiary/aromatic N) is 3. The Morgan fingerprint density at radius 2 is 2.00 bits per heavy atom. The van der Waals surface area contributed by atoms with E-state index in [9.17, 15) is 23.6 Å². The number of carbonyl (C=O) groups excluding carboxylic acids is 3. The van der Waals surface area contributed by atoms with Crippen molar-refractivity contribution < 1.29 is 23.5 Å². The van der Waals surface area contributed by atoms with Gasteiger partial charge in [-0.3, -0.25) is 14.4 Å². The van der Waals surface area contributed by atoms with Crippen LogP contribution in [-0.2, 0) is 27.3 Å². The number of anilines is 1. The third-order valence-corrected chi connectivity index (χ3v) is 6.37. The molecule has 3 aromatic heterocycles. The molecular weight excluding hydrogens is 531 g/mol. The normalized spacial score (nSPS) is 12.1. The van der Waals surface area contributed by atoms with Crippen LogP contribution >= 0.6 is 0 Å². The molecule has 3 aromatic rings. The SMILES string of the molecule is COC(=O)N[C@@H](CC/C=C/C(=O)N(C)C)C(=O)Nc1cccn(Cc2cc3nc(C)c(F)c(CC(C)C)c3[nH]2)c1=O. The van der Waals surface area contributed by atoms with Crippen molar-refractivity contribution in [1.29, 1.82) is 0 Å². The molecule has 0 saturated carbocycles. The molecule has 0 saturated heterocycles. The number of hydrogen-bond donors (Lipinski definition) is 3. The lowest BCUT2D eigenvalue weighted by molar-refractivity contribution is -0.123. The van der Waals surface area contributed by atoms with Gasteiger partial charge in [-0.25, -0.2) is 14.2 Å². The predicted octanol–water partition coefficient (Wildman–Crippen LogP) is 3.51. The summed E-state index contributed by atoms with van der Waals surface area (Å²) in [4.78, 5) is 58.9. The number of rotatable bonds is 11. The molecule has 0 bridgehead atoms. The number of H-pyrrole nitrogens is 1. The Labute approximate surface area is 237 Å². The maximum atomic E-state index is 14.9. The van der Waals surface area contributed by atoms with Gasteiger partial charge in [0.1, 0.15) is 17.5 Å². The zero-order chi connectivity index (χ0) is 30.3. The first-order valence-corrected chi connectivity index (χ1v) is 13.3. The first-order valence-electron chi connectivity index (χ1n) is 13.3. The number of carbonyl (C=O) groups is 3. The lowest BCUT2D eigenvalue weighted by atomic mass is 10.0.